The normalized spacial score (nSPS) is 10.8. The Kier molecular flexibility index (Phi) is 4.08. The van der Waals surface area contributed by atoms with Crippen LogP contribution in [0, 0.1) is 17.0 Å². The summed E-state index contributed by atoms with van der Waals surface area (Å²) in [5, 5.41) is 10.5. The first-order chi connectivity index (χ1) is 9.15. The number of non-ortho nitro benzene ring substituents is 1. The van der Waals surface area contributed by atoms with Crippen molar-refractivity contribution in [2.24, 2.45) is 0 Å². The van der Waals surface area contributed by atoms with Crippen LogP contribution in [-0.2, 0) is 6.42 Å². The van der Waals surface area contributed by atoms with Crippen molar-refractivity contribution in [3.05, 3.63) is 81.4 Å². The lowest BCUT2D eigenvalue weighted by Gasteiger charge is -1.97. The largest absolute Gasteiger partial charge is 0.269 e. The van der Waals surface area contributed by atoms with Crippen molar-refractivity contribution in [3.8, 4) is 0 Å². The summed E-state index contributed by atoms with van der Waals surface area (Å²) in [5.41, 5.74) is 3.60. The maximum Gasteiger partial charge on any atom is 0.269 e. The van der Waals surface area contributed by atoms with Gasteiger partial charge in [-0.25, -0.2) is 0 Å². The zero-order valence-corrected chi connectivity index (χ0v) is 10.7. The molecule has 0 radical (unpaired) electrons. The van der Waals surface area contributed by atoms with E-state index >= 15 is 0 Å². The number of rotatable bonds is 4. The van der Waals surface area contributed by atoms with Crippen molar-refractivity contribution in [3.63, 3.8) is 0 Å². The number of aryl methyl sites for hydroxylation is 1. The predicted molar refractivity (Wildman–Crippen MR) is 77.0 cm³/mol. The van der Waals surface area contributed by atoms with E-state index in [0.29, 0.717) is 0 Å². The van der Waals surface area contributed by atoms with Gasteiger partial charge >= 0.3 is 0 Å². The number of nitro groups is 1. The molecule has 0 N–H and O–H groups in total. The van der Waals surface area contributed by atoms with Crippen LogP contribution >= 0.6 is 0 Å². The standard InChI is InChI=1S/C16H15NO2/c1-13-5-7-14(8-6-13)3-2-4-15-9-11-16(12-10-15)17(18)19/h2-3,5-12H,4H2,1H3/b3-2+. The number of nitro benzene ring substituents is 1. The Bertz CT molecular complexity index is 583. The van der Waals surface area contributed by atoms with Crippen LogP contribution in [0.2, 0.25) is 0 Å². The summed E-state index contributed by atoms with van der Waals surface area (Å²) in [4.78, 5) is 10.1. The Morgan fingerprint density at radius 2 is 1.68 bits per heavy atom. The van der Waals surface area contributed by atoms with Crippen LogP contribution in [0.4, 0.5) is 5.69 Å². The van der Waals surface area contributed by atoms with E-state index in [-0.39, 0.29) is 10.6 Å². The highest BCUT2D eigenvalue weighted by molar-refractivity contribution is 5.50. The SMILES string of the molecule is Cc1ccc(/C=C/Cc2ccc([N+](=O)[O-])cc2)cc1. The van der Waals surface area contributed by atoms with Gasteiger partial charge in [0, 0.05) is 12.1 Å². The topological polar surface area (TPSA) is 43.1 Å². The first kappa shape index (κ1) is 13.0. The van der Waals surface area contributed by atoms with Gasteiger partial charge in [0.2, 0.25) is 0 Å². The van der Waals surface area contributed by atoms with Gasteiger partial charge in [-0.1, -0.05) is 54.1 Å². The molecule has 0 heterocycles. The smallest absolute Gasteiger partial charge is 0.258 e. The molecule has 0 atom stereocenters. The Morgan fingerprint density at radius 1 is 1.05 bits per heavy atom. The second kappa shape index (κ2) is 5.96. The molecule has 0 saturated carbocycles. The molecular formula is C16H15NO2. The fraction of sp³-hybridized carbons (Fsp3) is 0.125. The van der Waals surface area contributed by atoms with Crippen LogP contribution in [-0.4, -0.2) is 4.92 Å². The van der Waals surface area contributed by atoms with E-state index in [4.69, 9.17) is 0 Å². The summed E-state index contributed by atoms with van der Waals surface area (Å²) in [6, 6.07) is 14.9. The zero-order valence-electron chi connectivity index (χ0n) is 10.7. The summed E-state index contributed by atoms with van der Waals surface area (Å²) >= 11 is 0. The maximum atomic E-state index is 10.5. The molecule has 0 spiro atoms. The summed E-state index contributed by atoms with van der Waals surface area (Å²) in [7, 11) is 0. The summed E-state index contributed by atoms with van der Waals surface area (Å²) in [6.45, 7) is 2.06. The fourth-order valence-electron chi connectivity index (χ4n) is 1.76. The van der Waals surface area contributed by atoms with Gasteiger partial charge < -0.3 is 0 Å². The summed E-state index contributed by atoms with van der Waals surface area (Å²) < 4.78 is 0. The van der Waals surface area contributed by atoms with Gasteiger partial charge in [0.25, 0.3) is 5.69 Å². The quantitative estimate of drug-likeness (QED) is 0.606. The van der Waals surface area contributed by atoms with E-state index in [1.807, 2.05) is 0 Å². The number of hydrogen-bond acceptors (Lipinski definition) is 2. The minimum absolute atomic E-state index is 0.131. The van der Waals surface area contributed by atoms with Crippen LogP contribution in [0.3, 0.4) is 0 Å². The van der Waals surface area contributed by atoms with Gasteiger partial charge in [-0.05, 0) is 24.5 Å². The molecule has 2 rings (SSSR count). The van der Waals surface area contributed by atoms with Crippen LogP contribution in [0.25, 0.3) is 6.08 Å². The van der Waals surface area contributed by atoms with E-state index in [2.05, 4.69) is 43.3 Å². The fourth-order valence-corrected chi connectivity index (χ4v) is 1.76. The Labute approximate surface area is 112 Å². The van der Waals surface area contributed by atoms with Crippen molar-refractivity contribution < 1.29 is 4.92 Å². The van der Waals surface area contributed by atoms with Gasteiger partial charge in [0.1, 0.15) is 0 Å². The van der Waals surface area contributed by atoms with Crippen molar-refractivity contribution in [1.82, 2.24) is 0 Å². The molecule has 0 aliphatic heterocycles. The molecule has 2 aromatic rings. The Hall–Kier alpha value is -2.42. The molecule has 3 heteroatoms. The molecule has 0 aromatic heterocycles. The highest BCUT2D eigenvalue weighted by Crippen LogP contribution is 2.13. The first-order valence-electron chi connectivity index (χ1n) is 6.12. The predicted octanol–water partition coefficient (Wildman–Crippen LogP) is 4.16. The van der Waals surface area contributed by atoms with Crippen molar-refractivity contribution in [2.45, 2.75) is 13.3 Å². The van der Waals surface area contributed by atoms with E-state index in [0.717, 1.165) is 17.5 Å². The molecule has 0 fully saturated rings. The Morgan fingerprint density at radius 3 is 2.26 bits per heavy atom. The van der Waals surface area contributed by atoms with E-state index in [1.165, 1.54) is 17.7 Å². The second-order valence-corrected chi connectivity index (χ2v) is 4.44. The van der Waals surface area contributed by atoms with E-state index in [1.54, 1.807) is 12.1 Å². The first-order valence-corrected chi connectivity index (χ1v) is 6.12. The van der Waals surface area contributed by atoms with Gasteiger partial charge in [-0.15, -0.1) is 0 Å². The van der Waals surface area contributed by atoms with Crippen molar-refractivity contribution >= 4 is 11.8 Å². The van der Waals surface area contributed by atoms with Gasteiger partial charge in [-0.2, -0.15) is 0 Å². The lowest BCUT2D eigenvalue weighted by molar-refractivity contribution is -0.384. The van der Waals surface area contributed by atoms with Crippen molar-refractivity contribution in [2.75, 3.05) is 0 Å². The number of nitrogens with zero attached hydrogens (tertiary/aromatic N) is 1. The number of allylic oxidation sites excluding steroid dienone is 1. The van der Waals surface area contributed by atoms with Crippen LogP contribution < -0.4 is 0 Å². The maximum absolute atomic E-state index is 10.5. The van der Waals surface area contributed by atoms with E-state index < -0.39 is 0 Å². The van der Waals surface area contributed by atoms with E-state index in [9.17, 15) is 10.1 Å². The molecule has 0 amide bonds. The van der Waals surface area contributed by atoms with Crippen molar-refractivity contribution in [1.29, 1.82) is 0 Å². The molecule has 0 bridgehead atoms. The molecule has 2 aromatic carbocycles. The van der Waals surface area contributed by atoms with Crippen LogP contribution in [0.15, 0.2) is 54.6 Å². The molecular weight excluding hydrogens is 238 g/mol. The third-order valence-electron chi connectivity index (χ3n) is 2.89. The van der Waals surface area contributed by atoms with Gasteiger partial charge in [0.15, 0.2) is 0 Å². The Balaban J connectivity index is 1.98. The monoisotopic (exact) mass is 253 g/mol. The molecule has 96 valence electrons. The average Bonchev–Trinajstić information content (AvgIpc) is 2.41. The molecule has 0 aliphatic carbocycles. The van der Waals surface area contributed by atoms with Gasteiger partial charge in [-0.3, -0.25) is 10.1 Å². The number of benzene rings is 2. The minimum atomic E-state index is -0.383. The third kappa shape index (κ3) is 3.78. The lowest BCUT2D eigenvalue weighted by Crippen LogP contribution is -1.88. The highest BCUT2D eigenvalue weighted by Gasteiger charge is 2.02. The number of hydrogen-bond donors (Lipinski definition) is 0. The molecule has 3 nitrogen and oxygen atoms in total. The second-order valence-electron chi connectivity index (χ2n) is 4.44. The lowest BCUT2D eigenvalue weighted by atomic mass is 10.1. The molecule has 0 unspecified atom stereocenters. The highest BCUT2D eigenvalue weighted by atomic mass is 16.6. The summed E-state index contributed by atoms with van der Waals surface area (Å²) in [5.74, 6) is 0. The van der Waals surface area contributed by atoms with Gasteiger partial charge in [0.05, 0.1) is 4.92 Å². The molecule has 0 aliphatic rings. The summed E-state index contributed by atoms with van der Waals surface area (Å²) in [6.07, 6.45) is 4.89. The zero-order chi connectivity index (χ0) is 13.7. The third-order valence-corrected chi connectivity index (χ3v) is 2.89. The minimum Gasteiger partial charge on any atom is -0.258 e. The molecule has 19 heavy (non-hydrogen) atoms. The van der Waals surface area contributed by atoms with Crippen LogP contribution in [0.1, 0.15) is 16.7 Å². The molecule has 0 saturated heterocycles. The van der Waals surface area contributed by atoms with Crippen LogP contribution in [0.5, 0.6) is 0 Å². The average molecular weight is 253 g/mol.